The van der Waals surface area contributed by atoms with Crippen molar-refractivity contribution in [2.45, 2.75) is 32.2 Å². The van der Waals surface area contributed by atoms with Gasteiger partial charge in [0.1, 0.15) is 5.75 Å². The fraction of sp³-hybridized carbons (Fsp3) is 0.579. The van der Waals surface area contributed by atoms with Crippen molar-refractivity contribution in [2.75, 3.05) is 33.8 Å². The Morgan fingerprint density at radius 1 is 1.38 bits per heavy atom. The van der Waals surface area contributed by atoms with Crippen LogP contribution in [0.25, 0.3) is 0 Å². The average Bonchev–Trinajstić information content (AvgIpc) is 2.59. The van der Waals surface area contributed by atoms with Crippen LogP contribution < -0.4 is 10.5 Å². The second kappa shape index (κ2) is 9.78. The fourth-order valence-corrected chi connectivity index (χ4v) is 3.48. The molecule has 1 fully saturated rings. The number of likely N-dealkylation sites (tertiary alicyclic amines) is 1. The molecule has 0 aromatic heterocycles. The van der Waals surface area contributed by atoms with Crippen molar-refractivity contribution in [3.63, 3.8) is 0 Å². The van der Waals surface area contributed by atoms with Gasteiger partial charge in [0, 0.05) is 44.2 Å². The summed E-state index contributed by atoms with van der Waals surface area (Å²) in [6.45, 7) is 2.50. The molecule has 7 heteroatoms. The maximum absolute atomic E-state index is 11.8. The third-order valence-corrected chi connectivity index (χ3v) is 4.89. The largest absolute Gasteiger partial charge is 0.483 e. The van der Waals surface area contributed by atoms with Crippen molar-refractivity contribution in [3.8, 4) is 5.75 Å². The molecular formula is C19H28ClN3O3. The number of rotatable bonds is 8. The van der Waals surface area contributed by atoms with Crippen LogP contribution in [0.4, 0.5) is 0 Å². The van der Waals surface area contributed by atoms with Crippen LogP contribution in [0.1, 0.15) is 31.2 Å². The van der Waals surface area contributed by atoms with Crippen LogP contribution >= 0.6 is 11.6 Å². The van der Waals surface area contributed by atoms with Gasteiger partial charge in [-0.05, 0) is 49.9 Å². The van der Waals surface area contributed by atoms with Gasteiger partial charge in [-0.15, -0.1) is 0 Å². The van der Waals surface area contributed by atoms with Crippen LogP contribution in [0.2, 0.25) is 5.02 Å². The van der Waals surface area contributed by atoms with Crippen molar-refractivity contribution in [3.05, 3.63) is 28.8 Å². The molecule has 0 radical (unpaired) electrons. The number of halogens is 1. The molecule has 1 saturated heterocycles. The third-order valence-electron chi connectivity index (χ3n) is 4.65. The maximum Gasteiger partial charge on any atom is 0.255 e. The predicted octanol–water partition coefficient (Wildman–Crippen LogP) is 2.28. The smallest absolute Gasteiger partial charge is 0.255 e. The molecule has 2 amide bonds. The van der Waals surface area contributed by atoms with Gasteiger partial charge in [0.15, 0.2) is 6.61 Å². The maximum atomic E-state index is 11.8. The van der Waals surface area contributed by atoms with E-state index in [1.807, 2.05) is 6.07 Å². The first-order valence-corrected chi connectivity index (χ1v) is 9.35. The summed E-state index contributed by atoms with van der Waals surface area (Å²) >= 11 is 6.13. The summed E-state index contributed by atoms with van der Waals surface area (Å²) in [7, 11) is 3.59. The molecule has 2 rings (SSSR count). The summed E-state index contributed by atoms with van der Waals surface area (Å²) in [5.41, 5.74) is 6.12. The van der Waals surface area contributed by atoms with Gasteiger partial charge in [-0.2, -0.15) is 0 Å². The molecule has 0 spiro atoms. The number of carbonyl (C=O) groups excluding carboxylic acids is 2. The summed E-state index contributed by atoms with van der Waals surface area (Å²) in [5, 5.41) is 0.636. The molecule has 0 unspecified atom stereocenters. The van der Waals surface area contributed by atoms with E-state index in [1.165, 1.54) is 0 Å². The Morgan fingerprint density at radius 3 is 2.85 bits per heavy atom. The summed E-state index contributed by atoms with van der Waals surface area (Å²) in [6, 6.07) is 5.39. The number of hydrogen-bond acceptors (Lipinski definition) is 4. The van der Waals surface area contributed by atoms with Crippen LogP contribution in [0, 0.1) is 5.92 Å². The van der Waals surface area contributed by atoms with E-state index in [-0.39, 0.29) is 12.5 Å². The first-order valence-electron chi connectivity index (χ1n) is 8.97. The number of benzene rings is 1. The first kappa shape index (κ1) is 20.5. The number of nitrogens with zero attached hydrogens (tertiary/aromatic N) is 2. The number of primary amides is 1. The lowest BCUT2D eigenvalue weighted by atomic mass is 9.93. The Balaban J connectivity index is 1.95. The zero-order valence-corrected chi connectivity index (χ0v) is 16.3. The molecule has 144 valence electrons. The van der Waals surface area contributed by atoms with Crippen molar-refractivity contribution < 1.29 is 14.3 Å². The van der Waals surface area contributed by atoms with E-state index in [2.05, 4.69) is 4.90 Å². The Bertz CT molecular complexity index is 636. The molecule has 1 aliphatic rings. The fourth-order valence-electron chi connectivity index (χ4n) is 3.28. The molecule has 26 heavy (non-hydrogen) atoms. The SMILES string of the molecule is CN(C)C(=O)CC[C@@H]1CCCN(Cc2cc(Cl)ccc2OCC(N)=O)C1. The van der Waals surface area contributed by atoms with E-state index >= 15 is 0 Å². The predicted molar refractivity (Wildman–Crippen MR) is 102 cm³/mol. The Morgan fingerprint density at radius 2 is 2.15 bits per heavy atom. The summed E-state index contributed by atoms with van der Waals surface area (Å²) < 4.78 is 5.52. The number of ether oxygens (including phenoxy) is 1. The number of piperidine rings is 1. The van der Waals surface area contributed by atoms with Crippen LogP contribution in [0.5, 0.6) is 5.75 Å². The highest BCUT2D eigenvalue weighted by Gasteiger charge is 2.22. The zero-order valence-electron chi connectivity index (χ0n) is 15.5. The van der Waals surface area contributed by atoms with E-state index in [9.17, 15) is 9.59 Å². The van der Waals surface area contributed by atoms with Gasteiger partial charge in [-0.3, -0.25) is 14.5 Å². The minimum Gasteiger partial charge on any atom is -0.483 e. The number of nitrogens with two attached hydrogens (primary N) is 1. The number of hydrogen-bond donors (Lipinski definition) is 1. The van der Waals surface area contributed by atoms with Gasteiger partial charge in [0.2, 0.25) is 5.91 Å². The second-order valence-electron chi connectivity index (χ2n) is 7.08. The second-order valence-corrected chi connectivity index (χ2v) is 7.51. The highest BCUT2D eigenvalue weighted by atomic mass is 35.5. The van der Waals surface area contributed by atoms with Gasteiger partial charge < -0.3 is 15.4 Å². The summed E-state index contributed by atoms with van der Waals surface area (Å²) in [5.74, 6) is 0.827. The highest BCUT2D eigenvalue weighted by Crippen LogP contribution is 2.28. The molecular weight excluding hydrogens is 354 g/mol. The molecule has 1 atom stereocenters. The summed E-state index contributed by atoms with van der Waals surface area (Å²) in [6.07, 6.45) is 3.76. The van der Waals surface area contributed by atoms with Gasteiger partial charge in [-0.25, -0.2) is 0 Å². The third kappa shape index (κ3) is 6.50. The summed E-state index contributed by atoms with van der Waals surface area (Å²) in [4.78, 5) is 26.8. The standard InChI is InChI=1S/C19H28ClN3O3/c1-22(2)19(25)8-5-14-4-3-9-23(11-14)12-15-10-16(20)6-7-17(15)26-13-18(21)24/h6-7,10,14H,3-5,8-9,11-13H2,1-2H3,(H2,21,24)/t14-/m0/s1. The van der Waals surface area contributed by atoms with Gasteiger partial charge in [-0.1, -0.05) is 11.6 Å². The van der Waals surface area contributed by atoms with E-state index in [0.29, 0.717) is 29.7 Å². The molecule has 2 N–H and O–H groups in total. The minimum atomic E-state index is -0.505. The number of carbonyl (C=O) groups is 2. The number of amides is 2. The van der Waals surface area contributed by atoms with Crippen molar-refractivity contribution >= 4 is 23.4 Å². The molecule has 0 aliphatic carbocycles. The van der Waals surface area contributed by atoms with Crippen molar-refractivity contribution in [1.29, 1.82) is 0 Å². The lowest BCUT2D eigenvalue weighted by molar-refractivity contribution is -0.129. The molecule has 1 aliphatic heterocycles. The molecule has 0 saturated carbocycles. The first-order chi connectivity index (χ1) is 12.3. The van der Waals surface area contributed by atoms with Crippen molar-refractivity contribution in [1.82, 2.24) is 9.80 Å². The monoisotopic (exact) mass is 381 g/mol. The molecule has 0 bridgehead atoms. The van der Waals surface area contributed by atoms with Crippen molar-refractivity contribution in [2.24, 2.45) is 11.7 Å². The average molecular weight is 382 g/mol. The molecule has 6 nitrogen and oxygen atoms in total. The van der Waals surface area contributed by atoms with Crippen LogP contribution in [0.3, 0.4) is 0 Å². The molecule has 1 aromatic rings. The lowest BCUT2D eigenvalue weighted by Crippen LogP contribution is -2.35. The van der Waals surface area contributed by atoms with Crippen LogP contribution in [-0.2, 0) is 16.1 Å². The highest BCUT2D eigenvalue weighted by molar-refractivity contribution is 6.30. The Labute approximate surface area is 160 Å². The quantitative estimate of drug-likeness (QED) is 0.749. The molecule has 1 heterocycles. The van der Waals surface area contributed by atoms with Crippen LogP contribution in [-0.4, -0.2) is 55.4 Å². The minimum absolute atomic E-state index is 0.149. The Hall–Kier alpha value is -1.79. The Kier molecular flexibility index (Phi) is 7.72. The van der Waals surface area contributed by atoms with E-state index in [1.54, 1.807) is 31.1 Å². The lowest BCUT2D eigenvalue weighted by Gasteiger charge is -2.33. The zero-order chi connectivity index (χ0) is 19.1. The van der Waals surface area contributed by atoms with Gasteiger partial charge in [0.25, 0.3) is 5.91 Å². The normalized spacial score (nSPS) is 17.7. The van der Waals surface area contributed by atoms with E-state index < -0.39 is 5.91 Å². The topological polar surface area (TPSA) is 75.9 Å². The van der Waals surface area contributed by atoms with Gasteiger partial charge >= 0.3 is 0 Å². The van der Waals surface area contributed by atoms with Crippen LogP contribution in [0.15, 0.2) is 18.2 Å². The van der Waals surface area contributed by atoms with E-state index in [0.717, 1.165) is 37.9 Å². The molecule has 1 aromatic carbocycles. The van der Waals surface area contributed by atoms with Gasteiger partial charge in [0.05, 0.1) is 0 Å². The van der Waals surface area contributed by atoms with E-state index in [4.69, 9.17) is 22.1 Å².